The molecule has 0 spiro atoms. The number of aryl methyl sites for hydroxylation is 1. The molecule has 182 valence electrons. The van der Waals surface area contributed by atoms with Gasteiger partial charge < -0.3 is 10.2 Å². The minimum atomic E-state index is -3.75. The van der Waals surface area contributed by atoms with Crippen LogP contribution in [0.2, 0.25) is 0 Å². The van der Waals surface area contributed by atoms with Crippen molar-refractivity contribution in [1.82, 2.24) is 10.2 Å². The number of sulfonamides is 1. The number of carbonyl (C=O) groups excluding carboxylic acids is 2. The quantitative estimate of drug-likeness (QED) is 0.647. The highest BCUT2D eigenvalue weighted by molar-refractivity contribution is 7.92. The molecule has 4 rings (SSSR count). The third-order valence-corrected chi connectivity index (χ3v) is 8.29. The smallest absolute Gasteiger partial charge is 0.261 e. The normalized spacial score (nSPS) is 17.9. The van der Waals surface area contributed by atoms with E-state index in [1.54, 1.807) is 29.2 Å². The molecular formula is C26H33N3O4S. The Hall–Kier alpha value is -2.87. The summed E-state index contributed by atoms with van der Waals surface area (Å²) in [6.07, 6.45) is 6.92. The first-order chi connectivity index (χ1) is 16.3. The Morgan fingerprint density at radius 1 is 0.882 bits per heavy atom. The lowest BCUT2D eigenvalue weighted by Gasteiger charge is -2.33. The van der Waals surface area contributed by atoms with Crippen molar-refractivity contribution in [3.8, 4) is 0 Å². The Balaban J connectivity index is 1.31. The number of nitrogens with one attached hydrogen (secondary N) is 2. The van der Waals surface area contributed by atoms with Gasteiger partial charge in [-0.1, -0.05) is 37.5 Å². The van der Waals surface area contributed by atoms with E-state index in [2.05, 4.69) is 10.0 Å². The summed E-state index contributed by atoms with van der Waals surface area (Å²) < 4.78 is 28.1. The van der Waals surface area contributed by atoms with Crippen LogP contribution < -0.4 is 10.0 Å². The molecule has 2 aromatic carbocycles. The molecule has 2 amide bonds. The van der Waals surface area contributed by atoms with Crippen LogP contribution in [-0.4, -0.2) is 44.3 Å². The number of para-hydroxylation sites is 1. The molecule has 34 heavy (non-hydrogen) atoms. The Labute approximate surface area is 202 Å². The average Bonchev–Trinajstić information content (AvgIpc) is 2.86. The molecule has 0 unspecified atom stereocenters. The van der Waals surface area contributed by atoms with Crippen LogP contribution in [0.3, 0.4) is 0 Å². The second-order valence-corrected chi connectivity index (χ2v) is 11.0. The Morgan fingerprint density at radius 2 is 1.53 bits per heavy atom. The van der Waals surface area contributed by atoms with Crippen molar-refractivity contribution < 1.29 is 18.0 Å². The van der Waals surface area contributed by atoms with Crippen molar-refractivity contribution in [3.05, 3.63) is 59.7 Å². The fourth-order valence-electron chi connectivity index (χ4n) is 4.76. The van der Waals surface area contributed by atoms with E-state index in [4.69, 9.17) is 0 Å². The zero-order valence-corrected chi connectivity index (χ0v) is 20.4. The molecule has 7 nitrogen and oxygen atoms in total. The van der Waals surface area contributed by atoms with Gasteiger partial charge in [0, 0.05) is 30.6 Å². The lowest BCUT2D eigenvalue weighted by molar-refractivity contribution is -0.126. The lowest BCUT2D eigenvalue weighted by Crippen LogP contribution is -2.48. The molecular weight excluding hydrogens is 450 g/mol. The maximum atomic E-state index is 12.9. The van der Waals surface area contributed by atoms with Crippen LogP contribution >= 0.6 is 0 Å². The zero-order valence-electron chi connectivity index (χ0n) is 19.6. The van der Waals surface area contributed by atoms with Crippen LogP contribution in [0, 0.1) is 12.8 Å². The standard InChI is InChI=1S/C26H33N3O4S/c1-19-7-5-6-10-24(19)28-34(32,33)23-13-11-21(12-14-23)26(31)29-17-15-22(16-18-29)27-25(30)20-8-3-2-4-9-20/h5-7,10-14,20,22,28H,2-4,8-9,15-18H2,1H3,(H,27,30). The van der Waals surface area contributed by atoms with Crippen LogP contribution in [0.4, 0.5) is 5.69 Å². The van der Waals surface area contributed by atoms with Gasteiger partial charge in [0.1, 0.15) is 0 Å². The van der Waals surface area contributed by atoms with E-state index in [0.29, 0.717) is 24.3 Å². The molecule has 2 N–H and O–H groups in total. The zero-order chi connectivity index (χ0) is 24.1. The number of benzene rings is 2. The number of hydrogen-bond acceptors (Lipinski definition) is 4. The van der Waals surface area contributed by atoms with Crippen molar-refractivity contribution in [2.45, 2.75) is 62.8 Å². The van der Waals surface area contributed by atoms with Gasteiger partial charge in [-0.3, -0.25) is 14.3 Å². The number of anilines is 1. The van der Waals surface area contributed by atoms with E-state index in [9.17, 15) is 18.0 Å². The summed E-state index contributed by atoms with van der Waals surface area (Å²) in [5.74, 6) is 0.192. The highest BCUT2D eigenvalue weighted by Gasteiger charge is 2.28. The van der Waals surface area contributed by atoms with E-state index in [0.717, 1.165) is 44.1 Å². The molecule has 1 heterocycles. The Bertz CT molecular complexity index is 1120. The largest absolute Gasteiger partial charge is 0.353 e. The number of rotatable bonds is 6. The van der Waals surface area contributed by atoms with Crippen molar-refractivity contribution >= 4 is 27.5 Å². The van der Waals surface area contributed by atoms with Crippen molar-refractivity contribution in [3.63, 3.8) is 0 Å². The molecule has 1 aliphatic heterocycles. The van der Waals surface area contributed by atoms with Gasteiger partial charge in [0.2, 0.25) is 5.91 Å². The number of hydrogen-bond donors (Lipinski definition) is 2. The molecule has 8 heteroatoms. The Kier molecular flexibility index (Phi) is 7.56. The number of carbonyl (C=O) groups is 2. The fraction of sp³-hybridized carbons (Fsp3) is 0.462. The summed E-state index contributed by atoms with van der Waals surface area (Å²) in [7, 11) is -3.75. The van der Waals surface area contributed by atoms with E-state index < -0.39 is 10.0 Å². The number of nitrogens with zero attached hydrogens (tertiary/aromatic N) is 1. The maximum Gasteiger partial charge on any atom is 0.261 e. The van der Waals surface area contributed by atoms with Crippen molar-refractivity contribution in [2.24, 2.45) is 5.92 Å². The topological polar surface area (TPSA) is 95.6 Å². The molecule has 1 saturated heterocycles. The van der Waals surface area contributed by atoms with Gasteiger partial charge in [0.25, 0.3) is 15.9 Å². The summed E-state index contributed by atoms with van der Waals surface area (Å²) in [6, 6.07) is 13.3. The van der Waals surface area contributed by atoms with E-state index in [-0.39, 0.29) is 28.7 Å². The molecule has 2 aromatic rings. The van der Waals surface area contributed by atoms with E-state index in [1.165, 1.54) is 18.6 Å². The Morgan fingerprint density at radius 3 is 2.18 bits per heavy atom. The minimum absolute atomic E-state index is 0.108. The molecule has 1 saturated carbocycles. The van der Waals surface area contributed by atoms with Gasteiger partial charge in [-0.2, -0.15) is 0 Å². The van der Waals surface area contributed by atoms with Crippen LogP contribution in [0.25, 0.3) is 0 Å². The van der Waals surface area contributed by atoms with Crippen LogP contribution in [0.1, 0.15) is 60.9 Å². The average molecular weight is 484 g/mol. The van der Waals surface area contributed by atoms with Crippen LogP contribution in [-0.2, 0) is 14.8 Å². The van der Waals surface area contributed by atoms with Gasteiger partial charge in [-0.05, 0) is 68.5 Å². The fourth-order valence-corrected chi connectivity index (χ4v) is 5.89. The highest BCUT2D eigenvalue weighted by atomic mass is 32.2. The summed E-state index contributed by atoms with van der Waals surface area (Å²) >= 11 is 0. The SMILES string of the molecule is Cc1ccccc1NS(=O)(=O)c1ccc(C(=O)N2CCC(NC(=O)C3CCCCC3)CC2)cc1. The molecule has 1 aliphatic carbocycles. The molecule has 0 aromatic heterocycles. The third kappa shape index (κ3) is 5.78. The summed E-state index contributed by atoms with van der Waals surface area (Å²) in [5, 5.41) is 3.19. The molecule has 2 fully saturated rings. The first-order valence-electron chi connectivity index (χ1n) is 12.1. The van der Waals surface area contributed by atoms with Gasteiger partial charge >= 0.3 is 0 Å². The second-order valence-electron chi connectivity index (χ2n) is 9.35. The molecule has 0 radical (unpaired) electrons. The van der Waals surface area contributed by atoms with E-state index in [1.807, 2.05) is 19.1 Å². The summed E-state index contributed by atoms with van der Waals surface area (Å²) in [6.45, 7) is 2.98. The van der Waals surface area contributed by atoms with Gasteiger partial charge in [-0.25, -0.2) is 8.42 Å². The third-order valence-electron chi connectivity index (χ3n) is 6.91. The monoisotopic (exact) mass is 483 g/mol. The van der Waals surface area contributed by atoms with E-state index >= 15 is 0 Å². The number of likely N-dealkylation sites (tertiary alicyclic amines) is 1. The van der Waals surface area contributed by atoms with Crippen molar-refractivity contribution in [2.75, 3.05) is 17.8 Å². The van der Waals surface area contributed by atoms with Crippen molar-refractivity contribution in [1.29, 1.82) is 0 Å². The minimum Gasteiger partial charge on any atom is -0.353 e. The highest BCUT2D eigenvalue weighted by Crippen LogP contribution is 2.25. The predicted octanol–water partition coefficient (Wildman–Crippen LogP) is 4.10. The molecule has 0 bridgehead atoms. The predicted molar refractivity (Wildman–Crippen MR) is 132 cm³/mol. The van der Waals surface area contributed by atoms with Gasteiger partial charge in [0.05, 0.1) is 10.6 Å². The van der Waals surface area contributed by atoms with Gasteiger partial charge in [-0.15, -0.1) is 0 Å². The maximum absolute atomic E-state index is 12.9. The summed E-state index contributed by atoms with van der Waals surface area (Å²) in [5.41, 5.74) is 1.82. The van der Waals surface area contributed by atoms with Crippen LogP contribution in [0.5, 0.6) is 0 Å². The second kappa shape index (κ2) is 10.6. The molecule has 2 aliphatic rings. The first kappa shape index (κ1) is 24.3. The lowest BCUT2D eigenvalue weighted by atomic mass is 9.88. The first-order valence-corrected chi connectivity index (χ1v) is 13.6. The van der Waals surface area contributed by atoms with Gasteiger partial charge in [0.15, 0.2) is 0 Å². The number of amides is 2. The summed E-state index contributed by atoms with van der Waals surface area (Å²) in [4.78, 5) is 27.3. The molecule has 0 atom stereocenters. The number of piperidine rings is 1. The van der Waals surface area contributed by atoms with Crippen LogP contribution in [0.15, 0.2) is 53.4 Å².